The summed E-state index contributed by atoms with van der Waals surface area (Å²) < 4.78 is 1.05. The lowest BCUT2D eigenvalue weighted by Gasteiger charge is -2.31. The Kier molecular flexibility index (Phi) is 4.40. The summed E-state index contributed by atoms with van der Waals surface area (Å²) in [4.78, 5) is 12.1. The molecule has 3 nitrogen and oxygen atoms in total. The monoisotopic (exact) mass is 310 g/mol. The van der Waals surface area contributed by atoms with Gasteiger partial charge in [-0.05, 0) is 49.2 Å². The summed E-state index contributed by atoms with van der Waals surface area (Å²) in [5.74, 6) is 0.670. The van der Waals surface area contributed by atoms with Crippen LogP contribution in [0.2, 0.25) is 0 Å². The van der Waals surface area contributed by atoms with Gasteiger partial charge in [-0.2, -0.15) is 0 Å². The molecule has 0 aromatic heterocycles. The summed E-state index contributed by atoms with van der Waals surface area (Å²) in [7, 11) is 0. The van der Waals surface area contributed by atoms with E-state index in [0.717, 1.165) is 35.2 Å². The lowest BCUT2D eigenvalue weighted by Crippen LogP contribution is -2.48. The lowest BCUT2D eigenvalue weighted by molar-refractivity contribution is -0.121. The van der Waals surface area contributed by atoms with Gasteiger partial charge in [0.15, 0.2) is 0 Å². The third-order valence-corrected chi connectivity index (χ3v) is 4.13. The van der Waals surface area contributed by atoms with Crippen molar-refractivity contribution < 1.29 is 4.79 Å². The molecule has 0 spiro atoms. The smallest absolute Gasteiger partial charge is 0.227 e. The van der Waals surface area contributed by atoms with E-state index in [-0.39, 0.29) is 11.8 Å². The van der Waals surface area contributed by atoms with Gasteiger partial charge < -0.3 is 10.6 Å². The van der Waals surface area contributed by atoms with Crippen LogP contribution in [0.4, 0.5) is 5.69 Å². The molecule has 1 unspecified atom stereocenters. The number of halogens is 1. The molecular weight excluding hydrogens is 292 g/mol. The number of nitrogens with one attached hydrogen (secondary N) is 2. The van der Waals surface area contributed by atoms with Crippen LogP contribution >= 0.6 is 15.9 Å². The minimum absolute atomic E-state index is 0.0691. The Hall–Kier alpha value is -0.870. The van der Waals surface area contributed by atoms with E-state index in [4.69, 9.17) is 0 Å². The van der Waals surface area contributed by atoms with Crippen molar-refractivity contribution >= 4 is 27.5 Å². The van der Waals surface area contributed by atoms with Crippen molar-refractivity contribution in [3.8, 4) is 0 Å². The van der Waals surface area contributed by atoms with Crippen molar-refractivity contribution in [1.29, 1.82) is 0 Å². The van der Waals surface area contributed by atoms with E-state index in [1.165, 1.54) is 0 Å². The first-order valence-corrected chi connectivity index (χ1v) is 7.21. The predicted molar refractivity (Wildman–Crippen MR) is 77.7 cm³/mol. The summed E-state index contributed by atoms with van der Waals surface area (Å²) in [6, 6.07) is 5.99. The second-order valence-corrected chi connectivity index (χ2v) is 5.77. The normalized spacial score (nSPS) is 17.1. The van der Waals surface area contributed by atoms with Crippen LogP contribution in [0.3, 0.4) is 0 Å². The fraction of sp³-hybridized carbons (Fsp3) is 0.500. The van der Waals surface area contributed by atoms with Gasteiger partial charge >= 0.3 is 0 Å². The minimum Gasteiger partial charge on any atom is -0.326 e. The number of rotatable bonds is 4. The zero-order valence-electron chi connectivity index (χ0n) is 10.8. The molecule has 1 heterocycles. The molecule has 0 aliphatic carbocycles. The molecule has 98 valence electrons. The number of hydrogen-bond acceptors (Lipinski definition) is 2. The summed E-state index contributed by atoms with van der Waals surface area (Å²) in [5.41, 5.74) is 2.10. The van der Waals surface area contributed by atoms with E-state index in [9.17, 15) is 4.79 Å². The molecular formula is C14H19BrN2O. The molecule has 2 N–H and O–H groups in total. The van der Waals surface area contributed by atoms with Gasteiger partial charge in [-0.15, -0.1) is 0 Å². The predicted octanol–water partition coefficient (Wildman–Crippen LogP) is 2.81. The third kappa shape index (κ3) is 2.93. The number of carbonyl (C=O) groups excluding carboxylic acids is 1. The number of hydrogen-bond donors (Lipinski definition) is 2. The largest absolute Gasteiger partial charge is 0.326 e. The van der Waals surface area contributed by atoms with Crippen molar-refractivity contribution in [2.45, 2.75) is 20.3 Å². The summed E-state index contributed by atoms with van der Waals surface area (Å²) >= 11 is 3.45. The molecule has 1 aliphatic heterocycles. The first-order chi connectivity index (χ1) is 8.61. The second kappa shape index (κ2) is 5.85. The minimum atomic E-state index is 0.0691. The summed E-state index contributed by atoms with van der Waals surface area (Å²) in [6.07, 6.45) is 0.911. The van der Waals surface area contributed by atoms with Gasteiger partial charge in [-0.3, -0.25) is 4.79 Å². The topological polar surface area (TPSA) is 41.1 Å². The van der Waals surface area contributed by atoms with Crippen LogP contribution in [-0.4, -0.2) is 19.0 Å². The maximum Gasteiger partial charge on any atom is 0.227 e. The molecule has 18 heavy (non-hydrogen) atoms. The molecule has 1 amide bonds. The van der Waals surface area contributed by atoms with E-state index in [1.807, 2.05) is 19.1 Å². The van der Waals surface area contributed by atoms with Crippen molar-refractivity contribution in [3.05, 3.63) is 28.2 Å². The third-order valence-electron chi connectivity index (χ3n) is 3.64. The zero-order chi connectivity index (χ0) is 13.1. The molecule has 2 rings (SSSR count). The summed E-state index contributed by atoms with van der Waals surface area (Å²) in [6.45, 7) is 6.01. The first kappa shape index (κ1) is 13.6. The van der Waals surface area contributed by atoms with Crippen LogP contribution in [0.5, 0.6) is 0 Å². The maximum atomic E-state index is 12.1. The number of carbonyl (C=O) groups is 1. The first-order valence-electron chi connectivity index (χ1n) is 6.41. The average molecular weight is 311 g/mol. The van der Waals surface area contributed by atoms with Gasteiger partial charge in [-0.1, -0.05) is 29.8 Å². The highest BCUT2D eigenvalue weighted by molar-refractivity contribution is 9.10. The van der Waals surface area contributed by atoms with Crippen LogP contribution in [0, 0.1) is 11.8 Å². The van der Waals surface area contributed by atoms with Crippen LogP contribution in [0.15, 0.2) is 22.7 Å². The molecule has 0 bridgehead atoms. The fourth-order valence-corrected chi connectivity index (χ4v) is 2.51. The highest BCUT2D eigenvalue weighted by atomic mass is 79.9. The van der Waals surface area contributed by atoms with Crippen molar-refractivity contribution in [2.24, 2.45) is 11.8 Å². The number of aryl methyl sites for hydroxylation is 1. The van der Waals surface area contributed by atoms with E-state index in [0.29, 0.717) is 5.92 Å². The van der Waals surface area contributed by atoms with Crippen LogP contribution in [0.25, 0.3) is 0 Å². The van der Waals surface area contributed by atoms with E-state index < -0.39 is 0 Å². The molecule has 1 aromatic carbocycles. The van der Waals surface area contributed by atoms with E-state index in [1.54, 1.807) is 0 Å². The molecule has 1 aromatic rings. The number of anilines is 1. The fourth-order valence-electron chi connectivity index (χ4n) is 2.10. The molecule has 1 atom stereocenters. The Labute approximate surface area is 116 Å². The Balaban J connectivity index is 2.06. The molecule has 1 saturated heterocycles. The SMILES string of the molecule is CCc1cc(Br)ccc1NC(=O)C(C)C1CNC1. The van der Waals surface area contributed by atoms with E-state index >= 15 is 0 Å². The highest BCUT2D eigenvalue weighted by Crippen LogP contribution is 2.24. The second-order valence-electron chi connectivity index (χ2n) is 4.85. The van der Waals surface area contributed by atoms with E-state index in [2.05, 4.69) is 39.6 Å². The average Bonchev–Trinajstić information content (AvgIpc) is 2.29. The van der Waals surface area contributed by atoms with Gasteiger partial charge in [0.2, 0.25) is 5.91 Å². The Morgan fingerprint density at radius 2 is 2.28 bits per heavy atom. The molecule has 1 fully saturated rings. The van der Waals surface area contributed by atoms with Crippen molar-refractivity contribution in [2.75, 3.05) is 18.4 Å². The van der Waals surface area contributed by atoms with Crippen molar-refractivity contribution in [3.63, 3.8) is 0 Å². The molecule has 4 heteroatoms. The van der Waals surface area contributed by atoms with Crippen LogP contribution in [0.1, 0.15) is 19.4 Å². The van der Waals surface area contributed by atoms with Gasteiger partial charge in [0, 0.05) is 16.1 Å². The highest BCUT2D eigenvalue weighted by Gasteiger charge is 2.28. The van der Waals surface area contributed by atoms with Gasteiger partial charge in [0.1, 0.15) is 0 Å². The standard InChI is InChI=1S/C14H19BrN2O/c1-3-10-6-12(15)4-5-13(10)17-14(18)9(2)11-7-16-8-11/h4-6,9,11,16H,3,7-8H2,1-2H3,(H,17,18). The maximum absolute atomic E-state index is 12.1. The van der Waals surface area contributed by atoms with Gasteiger partial charge in [0.25, 0.3) is 0 Å². The lowest BCUT2D eigenvalue weighted by atomic mass is 9.88. The Bertz CT molecular complexity index is 443. The number of amides is 1. The Morgan fingerprint density at radius 3 is 2.83 bits per heavy atom. The quantitative estimate of drug-likeness (QED) is 0.898. The summed E-state index contributed by atoms with van der Waals surface area (Å²) in [5, 5.41) is 6.25. The molecule has 0 radical (unpaired) electrons. The Morgan fingerprint density at radius 1 is 1.56 bits per heavy atom. The molecule has 1 aliphatic rings. The van der Waals surface area contributed by atoms with Crippen molar-refractivity contribution in [1.82, 2.24) is 5.32 Å². The van der Waals surface area contributed by atoms with Gasteiger partial charge in [-0.25, -0.2) is 0 Å². The molecule has 0 saturated carbocycles. The zero-order valence-corrected chi connectivity index (χ0v) is 12.4. The van der Waals surface area contributed by atoms with Gasteiger partial charge in [0.05, 0.1) is 0 Å². The van der Waals surface area contributed by atoms with Crippen LogP contribution < -0.4 is 10.6 Å². The number of benzene rings is 1. The van der Waals surface area contributed by atoms with Crippen LogP contribution in [-0.2, 0) is 11.2 Å².